The van der Waals surface area contributed by atoms with E-state index in [4.69, 9.17) is 14.5 Å². The fourth-order valence-electron chi connectivity index (χ4n) is 4.56. The lowest BCUT2D eigenvalue weighted by molar-refractivity contribution is -0.0802. The molecule has 5 rings (SSSR count). The van der Waals surface area contributed by atoms with Crippen molar-refractivity contribution in [2.75, 3.05) is 74.8 Å². The molecule has 0 aromatic carbocycles. The van der Waals surface area contributed by atoms with E-state index in [9.17, 15) is 4.39 Å². The van der Waals surface area contributed by atoms with Crippen LogP contribution < -0.4 is 14.7 Å². The third kappa shape index (κ3) is 3.78. The van der Waals surface area contributed by atoms with E-state index in [-0.39, 0.29) is 0 Å². The summed E-state index contributed by atoms with van der Waals surface area (Å²) in [5.74, 6) is 1.22. The molecule has 10 heteroatoms. The summed E-state index contributed by atoms with van der Waals surface area (Å²) in [6.45, 7) is 4.54. The van der Waals surface area contributed by atoms with E-state index in [0.29, 0.717) is 50.6 Å². The topological polar surface area (TPSA) is 79.7 Å². The van der Waals surface area contributed by atoms with Gasteiger partial charge in [0.1, 0.15) is 5.60 Å². The molecule has 2 aromatic heterocycles. The first kappa shape index (κ1) is 20.3. The molecule has 166 valence electrons. The Morgan fingerprint density at radius 1 is 0.968 bits per heavy atom. The number of piperidine rings is 1. The summed E-state index contributed by atoms with van der Waals surface area (Å²) in [6.07, 6.45) is 5.60. The molecule has 0 unspecified atom stereocenters. The third-order valence-corrected chi connectivity index (χ3v) is 6.31. The van der Waals surface area contributed by atoms with Crippen molar-refractivity contribution in [2.24, 2.45) is 0 Å². The van der Waals surface area contributed by atoms with Crippen molar-refractivity contribution >= 4 is 17.7 Å². The van der Waals surface area contributed by atoms with Crippen LogP contribution in [0.15, 0.2) is 12.4 Å². The maximum absolute atomic E-state index is 14.4. The maximum Gasteiger partial charge on any atom is 0.227 e. The van der Waals surface area contributed by atoms with Gasteiger partial charge in [0.2, 0.25) is 11.9 Å². The van der Waals surface area contributed by atoms with E-state index in [2.05, 4.69) is 19.9 Å². The van der Waals surface area contributed by atoms with Crippen molar-refractivity contribution < 1.29 is 13.9 Å². The number of nitrogens with zero attached hydrogens (tertiary/aromatic N) is 7. The van der Waals surface area contributed by atoms with Crippen LogP contribution in [0, 0.1) is 5.82 Å². The monoisotopic (exact) mass is 429 g/mol. The minimum atomic E-state index is -0.412. The van der Waals surface area contributed by atoms with Crippen LogP contribution in [0.3, 0.4) is 0 Å². The summed E-state index contributed by atoms with van der Waals surface area (Å²) < 4.78 is 26.1. The zero-order chi connectivity index (χ0) is 21.4. The first-order valence-electron chi connectivity index (χ1n) is 10.8. The summed E-state index contributed by atoms with van der Waals surface area (Å²) >= 11 is 0. The summed E-state index contributed by atoms with van der Waals surface area (Å²) in [6, 6.07) is 0. The van der Waals surface area contributed by atoms with E-state index in [1.54, 1.807) is 0 Å². The molecule has 0 N–H and O–H groups in total. The van der Waals surface area contributed by atoms with E-state index in [1.165, 1.54) is 6.20 Å². The van der Waals surface area contributed by atoms with Crippen molar-refractivity contribution in [3.05, 3.63) is 29.5 Å². The van der Waals surface area contributed by atoms with Crippen molar-refractivity contribution in [2.45, 2.75) is 24.9 Å². The molecule has 2 aromatic rings. The number of halogens is 1. The smallest absolute Gasteiger partial charge is 0.227 e. The fourth-order valence-corrected chi connectivity index (χ4v) is 4.56. The van der Waals surface area contributed by atoms with Gasteiger partial charge in [0.25, 0.3) is 0 Å². The molecular formula is C21H28FN7O2. The summed E-state index contributed by atoms with van der Waals surface area (Å²) in [5.41, 5.74) is 1.76. The van der Waals surface area contributed by atoms with E-state index >= 15 is 0 Å². The molecule has 3 aliphatic rings. The zero-order valence-corrected chi connectivity index (χ0v) is 18.1. The van der Waals surface area contributed by atoms with Gasteiger partial charge in [0, 0.05) is 46.5 Å². The standard InChI is InChI=1S/C21H28FN7O2/c1-27(2)19-23-13-15-3-10-31-21(17(15)25-19)4-6-29(7-5-21)20-24-14-16(22)18(26-20)28-8-11-30-12-9-28/h13-14H,3-12H2,1-2H3. The highest BCUT2D eigenvalue weighted by Gasteiger charge is 2.43. The highest BCUT2D eigenvalue weighted by atomic mass is 19.1. The second kappa shape index (κ2) is 8.16. The largest absolute Gasteiger partial charge is 0.378 e. The maximum atomic E-state index is 14.4. The van der Waals surface area contributed by atoms with Gasteiger partial charge in [0.15, 0.2) is 11.6 Å². The molecule has 9 nitrogen and oxygen atoms in total. The SMILES string of the molecule is CN(C)c1ncc2c(n1)C1(CCN(c3ncc(F)c(N4CCOCC4)n3)CC1)OCC2. The van der Waals surface area contributed by atoms with Gasteiger partial charge in [-0.2, -0.15) is 4.98 Å². The third-order valence-electron chi connectivity index (χ3n) is 6.31. The van der Waals surface area contributed by atoms with Gasteiger partial charge in [-0.3, -0.25) is 0 Å². The minimum Gasteiger partial charge on any atom is -0.378 e. The van der Waals surface area contributed by atoms with E-state index in [1.807, 2.05) is 30.1 Å². The molecule has 2 fully saturated rings. The Hall–Kier alpha value is -2.59. The van der Waals surface area contributed by atoms with Crippen LogP contribution >= 0.6 is 0 Å². The van der Waals surface area contributed by atoms with E-state index in [0.717, 1.165) is 43.6 Å². The van der Waals surface area contributed by atoms with Gasteiger partial charge in [-0.25, -0.2) is 19.3 Å². The van der Waals surface area contributed by atoms with Crippen LogP contribution in [0.25, 0.3) is 0 Å². The first-order valence-corrected chi connectivity index (χ1v) is 10.8. The summed E-state index contributed by atoms with van der Waals surface area (Å²) in [7, 11) is 3.89. The summed E-state index contributed by atoms with van der Waals surface area (Å²) in [5, 5.41) is 0. The minimum absolute atomic E-state index is 0.358. The molecule has 0 bridgehead atoms. The molecule has 1 spiro atoms. The quantitative estimate of drug-likeness (QED) is 0.719. The molecule has 0 aliphatic carbocycles. The highest BCUT2D eigenvalue weighted by Crippen LogP contribution is 2.41. The molecule has 0 saturated carbocycles. The molecular weight excluding hydrogens is 401 g/mol. The van der Waals surface area contributed by atoms with Gasteiger partial charge < -0.3 is 24.2 Å². The number of hydrogen-bond acceptors (Lipinski definition) is 9. The Morgan fingerprint density at radius 2 is 1.74 bits per heavy atom. The fraction of sp³-hybridized carbons (Fsp3) is 0.619. The highest BCUT2D eigenvalue weighted by molar-refractivity contribution is 5.46. The van der Waals surface area contributed by atoms with Crippen molar-refractivity contribution in [3.8, 4) is 0 Å². The number of morpholine rings is 1. The molecule has 5 heterocycles. The second-order valence-corrected chi connectivity index (χ2v) is 8.46. The Bertz CT molecular complexity index is 943. The predicted octanol–water partition coefficient (Wildman–Crippen LogP) is 1.38. The van der Waals surface area contributed by atoms with Crippen molar-refractivity contribution in [3.63, 3.8) is 0 Å². The predicted molar refractivity (Wildman–Crippen MR) is 114 cm³/mol. The van der Waals surface area contributed by atoms with Gasteiger partial charge >= 0.3 is 0 Å². The van der Waals surface area contributed by atoms with Crippen molar-refractivity contribution in [1.82, 2.24) is 19.9 Å². The van der Waals surface area contributed by atoms with Gasteiger partial charge in [-0.05, 0) is 24.8 Å². The molecule has 0 radical (unpaired) electrons. The Morgan fingerprint density at radius 3 is 2.48 bits per heavy atom. The van der Waals surface area contributed by atoms with Crippen LogP contribution in [0.2, 0.25) is 0 Å². The Kier molecular flexibility index (Phi) is 5.35. The van der Waals surface area contributed by atoms with Gasteiger partial charge in [-0.15, -0.1) is 0 Å². The normalized spacial score (nSPS) is 20.6. The van der Waals surface area contributed by atoms with Gasteiger partial charge in [-0.1, -0.05) is 0 Å². The molecule has 3 aliphatic heterocycles. The number of anilines is 3. The number of ether oxygens (including phenoxy) is 2. The average molecular weight is 430 g/mol. The van der Waals surface area contributed by atoms with Crippen LogP contribution in [-0.4, -0.2) is 80.0 Å². The molecule has 0 amide bonds. The lowest BCUT2D eigenvalue weighted by atomic mass is 9.83. The molecule has 0 atom stereocenters. The lowest BCUT2D eigenvalue weighted by Gasteiger charge is -2.44. The number of fused-ring (bicyclic) bond motifs is 2. The first-order chi connectivity index (χ1) is 15.1. The van der Waals surface area contributed by atoms with Crippen LogP contribution in [0.4, 0.5) is 22.1 Å². The van der Waals surface area contributed by atoms with Crippen LogP contribution in [0.1, 0.15) is 24.1 Å². The lowest BCUT2D eigenvalue weighted by Crippen LogP contribution is -2.48. The van der Waals surface area contributed by atoms with Crippen LogP contribution in [0.5, 0.6) is 0 Å². The van der Waals surface area contributed by atoms with E-state index < -0.39 is 11.4 Å². The zero-order valence-electron chi connectivity index (χ0n) is 18.1. The summed E-state index contributed by atoms with van der Waals surface area (Å²) in [4.78, 5) is 24.1. The van der Waals surface area contributed by atoms with Crippen molar-refractivity contribution in [1.29, 1.82) is 0 Å². The second-order valence-electron chi connectivity index (χ2n) is 8.46. The van der Waals surface area contributed by atoms with Crippen LogP contribution in [-0.2, 0) is 21.5 Å². The Labute approximate surface area is 181 Å². The number of aromatic nitrogens is 4. The number of rotatable bonds is 3. The molecule has 31 heavy (non-hydrogen) atoms. The Balaban J connectivity index is 1.36. The number of hydrogen-bond donors (Lipinski definition) is 0. The average Bonchev–Trinajstić information content (AvgIpc) is 2.81. The molecule has 2 saturated heterocycles. The van der Waals surface area contributed by atoms with Gasteiger partial charge in [0.05, 0.1) is 31.7 Å².